The number of benzene rings is 2. The van der Waals surface area contributed by atoms with Crippen LogP contribution < -0.4 is 4.72 Å². The van der Waals surface area contributed by atoms with Gasteiger partial charge < -0.3 is 4.74 Å². The van der Waals surface area contributed by atoms with Crippen molar-refractivity contribution >= 4 is 21.7 Å². The first-order valence-corrected chi connectivity index (χ1v) is 10.1. The monoisotopic (exact) mass is 375 g/mol. The van der Waals surface area contributed by atoms with Crippen molar-refractivity contribution in [3.8, 4) is 0 Å². The van der Waals surface area contributed by atoms with Crippen LogP contribution in [0.4, 0.5) is 5.69 Å². The molecule has 0 bridgehead atoms. The summed E-state index contributed by atoms with van der Waals surface area (Å²) in [5.74, 6) is -0.0482. The molecule has 0 saturated heterocycles. The molecule has 0 radical (unpaired) electrons. The predicted octanol–water partition coefficient (Wildman–Crippen LogP) is 4.57. The Hall–Kier alpha value is -2.34. The average Bonchev–Trinajstić information content (AvgIpc) is 2.61. The molecule has 0 saturated carbocycles. The zero-order valence-corrected chi connectivity index (χ0v) is 16.3. The first-order chi connectivity index (χ1) is 12.2. The molecule has 6 heteroatoms. The Bertz CT molecular complexity index is 840. The van der Waals surface area contributed by atoms with Crippen LogP contribution in [-0.2, 0) is 14.8 Å². The molecule has 2 aromatic rings. The molecule has 0 aliphatic carbocycles. The zero-order chi connectivity index (χ0) is 19.3. The summed E-state index contributed by atoms with van der Waals surface area (Å²) in [5, 5.41) is 0. The van der Waals surface area contributed by atoms with E-state index in [-0.39, 0.29) is 11.0 Å². The maximum absolute atomic E-state index is 12.5. The quantitative estimate of drug-likeness (QED) is 0.720. The lowest BCUT2D eigenvalue weighted by Crippen LogP contribution is -2.14. The van der Waals surface area contributed by atoms with Crippen LogP contribution in [-0.4, -0.2) is 20.5 Å². The Labute approximate surface area is 155 Å². The molecule has 2 rings (SSSR count). The van der Waals surface area contributed by atoms with Crippen molar-refractivity contribution in [3.63, 3.8) is 0 Å². The highest BCUT2D eigenvalue weighted by Crippen LogP contribution is 2.22. The van der Waals surface area contributed by atoms with Crippen LogP contribution in [0.25, 0.3) is 0 Å². The van der Waals surface area contributed by atoms with Crippen molar-refractivity contribution in [2.24, 2.45) is 0 Å². The highest BCUT2D eigenvalue weighted by atomic mass is 32.2. The van der Waals surface area contributed by atoms with E-state index in [1.165, 1.54) is 12.1 Å². The number of hydrogen-bond acceptors (Lipinski definition) is 4. The third kappa shape index (κ3) is 5.08. The molecule has 0 spiro atoms. The topological polar surface area (TPSA) is 72.5 Å². The summed E-state index contributed by atoms with van der Waals surface area (Å²) in [5.41, 5.74) is 1.87. The summed E-state index contributed by atoms with van der Waals surface area (Å²) in [6.07, 6.45) is 0.787. The second-order valence-corrected chi connectivity index (χ2v) is 8.20. The standard InChI is InChI=1S/C20H25NO4S/c1-5-15(4)16-8-12-19(13-9-16)26(23,24)21-18-10-6-17(7-11-18)20(22)25-14(2)3/h6-15,21H,5H2,1-4H3. The molecule has 1 unspecified atom stereocenters. The van der Waals surface area contributed by atoms with Gasteiger partial charge >= 0.3 is 5.97 Å². The molecule has 0 aliphatic rings. The van der Waals surface area contributed by atoms with Gasteiger partial charge in [0.05, 0.1) is 16.6 Å². The molecule has 0 heterocycles. The van der Waals surface area contributed by atoms with Crippen molar-refractivity contribution in [1.29, 1.82) is 0 Å². The maximum atomic E-state index is 12.5. The largest absolute Gasteiger partial charge is 0.459 e. The molecule has 0 aliphatic heterocycles. The van der Waals surface area contributed by atoms with E-state index < -0.39 is 16.0 Å². The van der Waals surface area contributed by atoms with Crippen molar-refractivity contribution in [1.82, 2.24) is 0 Å². The van der Waals surface area contributed by atoms with E-state index in [0.29, 0.717) is 17.2 Å². The van der Waals surface area contributed by atoms with Crippen LogP contribution >= 0.6 is 0 Å². The van der Waals surface area contributed by atoms with Gasteiger partial charge in [0.1, 0.15) is 0 Å². The molecule has 140 valence electrons. The molecule has 0 aromatic heterocycles. The SMILES string of the molecule is CCC(C)c1ccc(S(=O)(=O)Nc2ccc(C(=O)OC(C)C)cc2)cc1. The Kier molecular flexibility index (Phi) is 6.42. The van der Waals surface area contributed by atoms with E-state index in [1.54, 1.807) is 38.1 Å². The lowest BCUT2D eigenvalue weighted by molar-refractivity contribution is 0.0378. The van der Waals surface area contributed by atoms with E-state index in [1.807, 2.05) is 12.1 Å². The van der Waals surface area contributed by atoms with Gasteiger partial charge in [-0.2, -0.15) is 0 Å². The van der Waals surface area contributed by atoms with Gasteiger partial charge in [-0.15, -0.1) is 0 Å². The van der Waals surface area contributed by atoms with Gasteiger partial charge in [0.25, 0.3) is 10.0 Å². The number of esters is 1. The highest BCUT2D eigenvalue weighted by molar-refractivity contribution is 7.92. The molecule has 1 N–H and O–H groups in total. The maximum Gasteiger partial charge on any atom is 0.338 e. The van der Waals surface area contributed by atoms with Crippen LogP contribution in [0.3, 0.4) is 0 Å². The van der Waals surface area contributed by atoms with Crippen molar-refractivity contribution in [3.05, 3.63) is 59.7 Å². The molecule has 0 amide bonds. The number of nitrogens with one attached hydrogen (secondary N) is 1. The Morgan fingerprint density at radius 3 is 2.08 bits per heavy atom. The third-order valence-electron chi connectivity index (χ3n) is 4.09. The number of rotatable bonds is 7. The summed E-state index contributed by atoms with van der Waals surface area (Å²) < 4.78 is 32.7. The fraction of sp³-hybridized carbons (Fsp3) is 0.350. The predicted molar refractivity (Wildman–Crippen MR) is 103 cm³/mol. The minimum atomic E-state index is -3.68. The van der Waals surface area contributed by atoms with Gasteiger partial charge in [0, 0.05) is 5.69 Å². The Balaban J connectivity index is 2.12. The molecular formula is C20H25NO4S. The summed E-state index contributed by atoms with van der Waals surface area (Å²) >= 11 is 0. The Morgan fingerprint density at radius 1 is 1.00 bits per heavy atom. The number of carbonyl (C=O) groups is 1. The van der Waals surface area contributed by atoms with Gasteiger partial charge in [-0.05, 0) is 68.1 Å². The summed E-state index contributed by atoms with van der Waals surface area (Å²) in [7, 11) is -3.68. The van der Waals surface area contributed by atoms with Crippen molar-refractivity contribution in [2.45, 2.75) is 51.0 Å². The minimum Gasteiger partial charge on any atom is -0.459 e. The van der Waals surface area contributed by atoms with Gasteiger partial charge in [0.2, 0.25) is 0 Å². The molecule has 0 fully saturated rings. The first kappa shape index (κ1) is 20.0. The lowest BCUT2D eigenvalue weighted by atomic mass is 9.99. The van der Waals surface area contributed by atoms with E-state index in [4.69, 9.17) is 4.74 Å². The van der Waals surface area contributed by atoms with Crippen LogP contribution in [0.2, 0.25) is 0 Å². The smallest absolute Gasteiger partial charge is 0.338 e. The van der Waals surface area contributed by atoms with Crippen molar-refractivity contribution < 1.29 is 17.9 Å². The summed E-state index contributed by atoms with van der Waals surface area (Å²) in [4.78, 5) is 12.0. The van der Waals surface area contributed by atoms with Gasteiger partial charge in [0.15, 0.2) is 0 Å². The van der Waals surface area contributed by atoms with Gasteiger partial charge in [-0.25, -0.2) is 13.2 Å². The van der Waals surface area contributed by atoms with Crippen LogP contribution in [0.5, 0.6) is 0 Å². The first-order valence-electron chi connectivity index (χ1n) is 8.66. The lowest BCUT2D eigenvalue weighted by Gasteiger charge is -2.12. The highest BCUT2D eigenvalue weighted by Gasteiger charge is 2.15. The van der Waals surface area contributed by atoms with Crippen molar-refractivity contribution in [2.75, 3.05) is 4.72 Å². The number of anilines is 1. The molecule has 2 aromatic carbocycles. The third-order valence-corrected chi connectivity index (χ3v) is 5.48. The second-order valence-electron chi connectivity index (χ2n) is 6.52. The number of hydrogen-bond donors (Lipinski definition) is 1. The Morgan fingerprint density at radius 2 is 1.58 bits per heavy atom. The number of carbonyl (C=O) groups excluding carboxylic acids is 1. The summed E-state index contributed by atoms with van der Waals surface area (Å²) in [6.45, 7) is 7.74. The van der Waals surface area contributed by atoms with Crippen LogP contribution in [0.15, 0.2) is 53.4 Å². The average molecular weight is 375 g/mol. The molecule has 26 heavy (non-hydrogen) atoms. The molecule has 1 atom stereocenters. The fourth-order valence-corrected chi connectivity index (χ4v) is 3.44. The normalized spacial score (nSPS) is 12.7. The molecule has 5 nitrogen and oxygen atoms in total. The molecular weight excluding hydrogens is 350 g/mol. The number of sulfonamides is 1. The van der Waals surface area contributed by atoms with E-state index in [9.17, 15) is 13.2 Å². The van der Waals surface area contributed by atoms with Crippen LogP contribution in [0.1, 0.15) is 56.0 Å². The summed E-state index contributed by atoms with van der Waals surface area (Å²) in [6, 6.07) is 13.1. The van der Waals surface area contributed by atoms with Gasteiger partial charge in [-0.3, -0.25) is 4.72 Å². The van der Waals surface area contributed by atoms with E-state index in [0.717, 1.165) is 12.0 Å². The van der Waals surface area contributed by atoms with E-state index >= 15 is 0 Å². The van der Waals surface area contributed by atoms with E-state index in [2.05, 4.69) is 18.6 Å². The second kappa shape index (κ2) is 8.36. The zero-order valence-electron chi connectivity index (χ0n) is 15.5. The van der Waals surface area contributed by atoms with Crippen LogP contribution in [0, 0.1) is 0 Å². The van der Waals surface area contributed by atoms with Gasteiger partial charge in [-0.1, -0.05) is 26.0 Å². The minimum absolute atomic E-state index is 0.202. The number of ether oxygens (including phenoxy) is 1. The fourth-order valence-electron chi connectivity index (χ4n) is 2.38.